The molecule has 0 bridgehead atoms. The highest BCUT2D eigenvalue weighted by atomic mass is 16.6. The van der Waals surface area contributed by atoms with E-state index in [4.69, 9.17) is 14.2 Å². The maximum absolute atomic E-state index is 12.9. The molecule has 1 atom stereocenters. The Morgan fingerprint density at radius 1 is 0.278 bits per heavy atom. The highest BCUT2D eigenvalue weighted by Gasteiger charge is 2.19. The van der Waals surface area contributed by atoms with Crippen LogP contribution >= 0.6 is 0 Å². The minimum Gasteiger partial charge on any atom is -0.462 e. The first kappa shape index (κ1) is 69.4. The van der Waals surface area contributed by atoms with Crippen molar-refractivity contribution in [2.24, 2.45) is 0 Å². The number of carbonyl (C=O) groups excluding carboxylic acids is 3. The monoisotopic (exact) mass is 1010 g/mol. The van der Waals surface area contributed by atoms with E-state index >= 15 is 0 Å². The molecule has 0 amide bonds. The van der Waals surface area contributed by atoms with E-state index < -0.39 is 6.10 Å². The van der Waals surface area contributed by atoms with E-state index in [0.29, 0.717) is 19.3 Å². The second-order valence-electron chi connectivity index (χ2n) is 21.3. The van der Waals surface area contributed by atoms with Crippen LogP contribution in [0.25, 0.3) is 0 Å². The van der Waals surface area contributed by atoms with Gasteiger partial charge in [-0.05, 0) is 83.5 Å². The molecule has 0 aliphatic carbocycles. The maximum atomic E-state index is 12.9. The molecule has 0 saturated carbocycles. The zero-order valence-electron chi connectivity index (χ0n) is 48.2. The molecule has 72 heavy (non-hydrogen) atoms. The third-order valence-corrected chi connectivity index (χ3v) is 14.1. The number of esters is 3. The summed E-state index contributed by atoms with van der Waals surface area (Å²) in [5, 5.41) is 0. The van der Waals surface area contributed by atoms with Gasteiger partial charge in [-0.15, -0.1) is 0 Å². The summed E-state index contributed by atoms with van der Waals surface area (Å²) in [7, 11) is 0. The quantitative estimate of drug-likeness (QED) is 0.0261. The molecule has 0 aliphatic rings. The zero-order chi connectivity index (χ0) is 52.2. The molecular formula is C66H120O6. The molecule has 420 valence electrons. The normalized spacial score (nSPS) is 12.3. The van der Waals surface area contributed by atoms with Gasteiger partial charge in [0.2, 0.25) is 0 Å². The summed E-state index contributed by atoms with van der Waals surface area (Å²) in [4.78, 5) is 38.3. The minimum absolute atomic E-state index is 0.0754. The molecule has 0 aromatic heterocycles. The van der Waals surface area contributed by atoms with E-state index in [2.05, 4.69) is 69.4 Å². The van der Waals surface area contributed by atoms with Crippen LogP contribution in [-0.2, 0) is 28.6 Å². The molecule has 6 nitrogen and oxygen atoms in total. The molecule has 6 heteroatoms. The fourth-order valence-electron chi connectivity index (χ4n) is 9.27. The number of rotatable bonds is 58. The first-order valence-electron chi connectivity index (χ1n) is 31.6. The van der Waals surface area contributed by atoms with Crippen LogP contribution < -0.4 is 0 Å². The van der Waals surface area contributed by atoms with Gasteiger partial charge in [0.15, 0.2) is 6.10 Å². The van der Waals surface area contributed by atoms with Crippen LogP contribution in [0.4, 0.5) is 0 Å². The summed E-state index contributed by atoms with van der Waals surface area (Å²) in [5.41, 5.74) is 0. The van der Waals surface area contributed by atoms with Crippen molar-refractivity contribution in [2.75, 3.05) is 13.2 Å². The number of unbranched alkanes of at least 4 members (excludes halogenated alkanes) is 39. The molecule has 0 radical (unpaired) electrons. The SMILES string of the molecule is CCCCC/C=C\C/C=C\CCCCCCCCCC(=O)OCC(COC(=O)CCCCCCCCCCCCCCCCCCCCCC)OC(=O)CCCCCCCCC/C=C\C/C=C\CCCCC. The highest BCUT2D eigenvalue weighted by Crippen LogP contribution is 2.17. The second kappa shape index (κ2) is 60.9. The second-order valence-corrected chi connectivity index (χ2v) is 21.3. The average Bonchev–Trinajstić information content (AvgIpc) is 3.38. The van der Waals surface area contributed by atoms with E-state index in [0.717, 1.165) is 83.5 Å². The lowest BCUT2D eigenvalue weighted by Gasteiger charge is -2.18. The van der Waals surface area contributed by atoms with Crippen molar-refractivity contribution in [1.29, 1.82) is 0 Å². The van der Waals surface area contributed by atoms with E-state index in [1.165, 1.54) is 212 Å². The molecular weight excluding hydrogens is 889 g/mol. The minimum atomic E-state index is -0.780. The number of carbonyl (C=O) groups is 3. The summed E-state index contributed by atoms with van der Waals surface area (Å²) in [6, 6.07) is 0. The van der Waals surface area contributed by atoms with Gasteiger partial charge in [-0.3, -0.25) is 14.4 Å². The van der Waals surface area contributed by atoms with Crippen molar-refractivity contribution < 1.29 is 28.6 Å². The Bertz CT molecular complexity index is 1250. The Hall–Kier alpha value is -2.63. The molecule has 0 aliphatic heterocycles. The first-order valence-corrected chi connectivity index (χ1v) is 31.6. The van der Waals surface area contributed by atoms with Crippen LogP contribution in [0.3, 0.4) is 0 Å². The van der Waals surface area contributed by atoms with Crippen LogP contribution in [0.1, 0.15) is 335 Å². The van der Waals surface area contributed by atoms with Crippen LogP contribution in [0.15, 0.2) is 48.6 Å². The number of hydrogen-bond donors (Lipinski definition) is 0. The fraction of sp³-hybridized carbons (Fsp3) is 0.833. The summed E-state index contributed by atoms with van der Waals surface area (Å²) >= 11 is 0. The van der Waals surface area contributed by atoms with E-state index in [1.807, 2.05) is 0 Å². The van der Waals surface area contributed by atoms with Crippen molar-refractivity contribution in [2.45, 2.75) is 341 Å². The van der Waals surface area contributed by atoms with Crippen LogP contribution in [0.5, 0.6) is 0 Å². The van der Waals surface area contributed by atoms with Crippen molar-refractivity contribution in [3.05, 3.63) is 48.6 Å². The Kier molecular flexibility index (Phi) is 58.7. The molecule has 0 heterocycles. The van der Waals surface area contributed by atoms with Crippen LogP contribution in [0.2, 0.25) is 0 Å². The first-order chi connectivity index (χ1) is 35.5. The fourth-order valence-corrected chi connectivity index (χ4v) is 9.27. The Balaban J connectivity index is 4.35. The van der Waals surface area contributed by atoms with Crippen molar-refractivity contribution in [1.82, 2.24) is 0 Å². The van der Waals surface area contributed by atoms with Gasteiger partial charge in [0.1, 0.15) is 13.2 Å². The van der Waals surface area contributed by atoms with Gasteiger partial charge in [0.25, 0.3) is 0 Å². The summed E-state index contributed by atoms with van der Waals surface area (Å²) in [5.74, 6) is -0.871. The molecule has 0 saturated heterocycles. The molecule has 0 rings (SSSR count). The molecule has 0 aromatic rings. The summed E-state index contributed by atoms with van der Waals surface area (Å²) < 4.78 is 16.9. The summed E-state index contributed by atoms with van der Waals surface area (Å²) in [6.45, 7) is 6.63. The molecule has 1 unspecified atom stereocenters. The lowest BCUT2D eigenvalue weighted by atomic mass is 10.0. The van der Waals surface area contributed by atoms with Gasteiger partial charge >= 0.3 is 17.9 Å². The number of hydrogen-bond acceptors (Lipinski definition) is 6. The zero-order valence-corrected chi connectivity index (χ0v) is 48.2. The Labute approximate surface area is 448 Å². The Morgan fingerprint density at radius 2 is 0.500 bits per heavy atom. The smallest absolute Gasteiger partial charge is 0.306 e. The van der Waals surface area contributed by atoms with E-state index in [1.54, 1.807) is 0 Å². The predicted octanol–water partition coefficient (Wildman–Crippen LogP) is 21.4. The largest absolute Gasteiger partial charge is 0.462 e. The van der Waals surface area contributed by atoms with Crippen LogP contribution in [0, 0.1) is 0 Å². The summed E-state index contributed by atoms with van der Waals surface area (Å²) in [6.07, 6.45) is 75.3. The Morgan fingerprint density at radius 3 is 0.792 bits per heavy atom. The van der Waals surface area contributed by atoms with Gasteiger partial charge in [0, 0.05) is 19.3 Å². The van der Waals surface area contributed by atoms with Crippen molar-refractivity contribution >= 4 is 17.9 Å². The standard InChI is InChI=1S/C66H120O6/c1-4-7-10-13-16-19-22-25-28-31-32-33-36-38-41-44-47-50-53-56-59-65(68)71-62-63(72-66(69)60-57-54-51-48-45-42-39-35-30-27-24-21-18-15-12-9-6-3)61-70-64(67)58-55-52-49-46-43-40-37-34-29-26-23-20-17-14-11-8-5-2/h17-18,20-21,26-27,29-30,63H,4-16,19,22-25,28,31-62H2,1-3H3/b20-17-,21-18-,29-26-,30-27-. The van der Waals surface area contributed by atoms with Gasteiger partial charge in [-0.25, -0.2) is 0 Å². The average molecular weight is 1010 g/mol. The molecule has 0 spiro atoms. The lowest BCUT2D eigenvalue weighted by molar-refractivity contribution is -0.167. The third-order valence-electron chi connectivity index (χ3n) is 14.1. The third kappa shape index (κ3) is 58.3. The highest BCUT2D eigenvalue weighted by molar-refractivity contribution is 5.71. The van der Waals surface area contributed by atoms with E-state index in [-0.39, 0.29) is 31.1 Å². The predicted molar refractivity (Wildman–Crippen MR) is 312 cm³/mol. The molecule has 0 fully saturated rings. The van der Waals surface area contributed by atoms with Crippen LogP contribution in [-0.4, -0.2) is 37.2 Å². The van der Waals surface area contributed by atoms with Gasteiger partial charge in [0.05, 0.1) is 0 Å². The van der Waals surface area contributed by atoms with E-state index in [9.17, 15) is 14.4 Å². The van der Waals surface area contributed by atoms with Gasteiger partial charge in [-0.2, -0.15) is 0 Å². The topological polar surface area (TPSA) is 78.9 Å². The number of ether oxygens (including phenoxy) is 3. The van der Waals surface area contributed by atoms with Crippen molar-refractivity contribution in [3.8, 4) is 0 Å². The molecule has 0 N–H and O–H groups in total. The van der Waals surface area contributed by atoms with Crippen molar-refractivity contribution in [3.63, 3.8) is 0 Å². The van der Waals surface area contributed by atoms with Gasteiger partial charge < -0.3 is 14.2 Å². The maximum Gasteiger partial charge on any atom is 0.306 e. The lowest BCUT2D eigenvalue weighted by Crippen LogP contribution is -2.30. The number of allylic oxidation sites excluding steroid dienone is 8. The van der Waals surface area contributed by atoms with Gasteiger partial charge in [-0.1, -0.05) is 281 Å². The molecule has 0 aromatic carbocycles.